The zero-order valence-corrected chi connectivity index (χ0v) is 19.4. The van der Waals surface area contributed by atoms with Gasteiger partial charge in [-0.15, -0.1) is 0 Å². The summed E-state index contributed by atoms with van der Waals surface area (Å²) in [5.74, 6) is 0.161. The van der Waals surface area contributed by atoms with E-state index in [1.807, 2.05) is 13.8 Å². The van der Waals surface area contributed by atoms with Crippen LogP contribution in [0.1, 0.15) is 26.3 Å². The van der Waals surface area contributed by atoms with E-state index in [1.54, 1.807) is 35.2 Å². The minimum atomic E-state index is -3.74. The molecule has 0 heterocycles. The number of methoxy groups -OCH3 is 1. The molecule has 0 atom stereocenters. The van der Waals surface area contributed by atoms with Gasteiger partial charge in [-0.3, -0.25) is 0 Å². The Morgan fingerprint density at radius 1 is 1.13 bits per heavy atom. The van der Waals surface area contributed by atoms with Gasteiger partial charge in [-0.05, 0) is 50.6 Å². The molecule has 164 valence electrons. The summed E-state index contributed by atoms with van der Waals surface area (Å²) in [6.07, 6.45) is 0. The zero-order valence-electron chi connectivity index (χ0n) is 17.1. The quantitative estimate of drug-likeness (QED) is 0.533. The molecule has 0 fully saturated rings. The third-order valence-electron chi connectivity index (χ3n) is 4.23. The molecule has 0 saturated heterocycles. The van der Waals surface area contributed by atoms with E-state index in [9.17, 15) is 13.2 Å². The van der Waals surface area contributed by atoms with Gasteiger partial charge < -0.3 is 19.1 Å². The number of hydrogen-bond donors (Lipinski definition) is 1. The number of carbonyl (C=O) groups is 1. The van der Waals surface area contributed by atoms with Crippen LogP contribution in [0.15, 0.2) is 36.4 Å². The molecule has 0 aliphatic heterocycles. The summed E-state index contributed by atoms with van der Waals surface area (Å²) in [6.45, 7) is 5.39. The summed E-state index contributed by atoms with van der Waals surface area (Å²) in [6, 6.07) is 9.23. The lowest BCUT2D eigenvalue weighted by Gasteiger charge is -2.27. The second kappa shape index (κ2) is 10.2. The van der Waals surface area contributed by atoms with Crippen molar-refractivity contribution in [2.45, 2.75) is 33.4 Å². The first kappa shape index (κ1) is 24.1. The molecule has 30 heavy (non-hydrogen) atoms. The Labute approximate surface area is 187 Å². The van der Waals surface area contributed by atoms with Crippen LogP contribution < -0.4 is 14.2 Å². The fraction of sp³-hybridized carbons (Fsp3) is 0.350. The van der Waals surface area contributed by atoms with Crippen molar-refractivity contribution in [1.82, 2.24) is 4.90 Å². The molecule has 2 amide bonds. The van der Waals surface area contributed by atoms with Gasteiger partial charge in [-0.2, -0.15) is 8.42 Å². The first-order chi connectivity index (χ1) is 14.1. The third kappa shape index (κ3) is 6.17. The molecule has 0 spiro atoms. The van der Waals surface area contributed by atoms with Gasteiger partial charge in [0.05, 0.1) is 28.6 Å². The topological polar surface area (TPSA) is 84.9 Å². The number of hydrogen-bond acceptors (Lipinski definition) is 5. The SMILES string of the molecule is CCS(=O)(=O)Oc1cc(CN(C(=O)Nc2c(Cl)cccc2Cl)C(C)C)ccc1OC. The van der Waals surface area contributed by atoms with Gasteiger partial charge in [-0.1, -0.05) is 35.3 Å². The molecule has 0 bridgehead atoms. The average Bonchev–Trinajstić information content (AvgIpc) is 2.68. The maximum absolute atomic E-state index is 12.9. The zero-order chi connectivity index (χ0) is 22.5. The van der Waals surface area contributed by atoms with Crippen LogP contribution in [-0.4, -0.2) is 38.3 Å². The Kier molecular flexibility index (Phi) is 8.23. The Morgan fingerprint density at radius 2 is 1.77 bits per heavy atom. The van der Waals surface area contributed by atoms with Crippen LogP contribution in [0.4, 0.5) is 10.5 Å². The lowest BCUT2D eigenvalue weighted by atomic mass is 10.1. The number of nitrogens with zero attached hydrogens (tertiary/aromatic N) is 1. The largest absolute Gasteiger partial charge is 0.493 e. The van der Waals surface area contributed by atoms with E-state index >= 15 is 0 Å². The summed E-state index contributed by atoms with van der Waals surface area (Å²) < 4.78 is 34.1. The van der Waals surface area contributed by atoms with Crippen LogP contribution in [-0.2, 0) is 16.7 Å². The maximum atomic E-state index is 12.9. The number of rotatable bonds is 8. The molecule has 2 aromatic carbocycles. The Bertz CT molecular complexity index is 992. The average molecular weight is 475 g/mol. The number of halogens is 2. The first-order valence-corrected chi connectivity index (χ1v) is 11.5. The molecule has 1 N–H and O–H groups in total. The standard InChI is InChI=1S/C20H24Cl2N2O5S/c1-5-30(26,27)29-18-11-14(9-10-17(18)28-4)12-24(13(2)3)20(25)23-19-15(21)7-6-8-16(19)22/h6-11,13H,5,12H2,1-4H3,(H,23,25). The van der Waals surface area contributed by atoms with Gasteiger partial charge >= 0.3 is 16.1 Å². The maximum Gasteiger partial charge on any atom is 0.322 e. The highest BCUT2D eigenvalue weighted by atomic mass is 35.5. The summed E-state index contributed by atoms with van der Waals surface area (Å²) >= 11 is 12.3. The Morgan fingerprint density at radius 3 is 2.30 bits per heavy atom. The molecular formula is C20H24Cl2N2O5S. The van der Waals surface area contributed by atoms with E-state index in [4.69, 9.17) is 32.1 Å². The predicted octanol–water partition coefficient (Wildman–Crippen LogP) is 5.17. The van der Waals surface area contributed by atoms with Crippen molar-refractivity contribution in [2.75, 3.05) is 18.2 Å². The van der Waals surface area contributed by atoms with Crippen LogP contribution in [0.2, 0.25) is 10.0 Å². The van der Waals surface area contributed by atoms with Gasteiger partial charge in [0.1, 0.15) is 0 Å². The molecule has 0 saturated carbocycles. The number of nitrogens with one attached hydrogen (secondary N) is 1. The highest BCUT2D eigenvalue weighted by Crippen LogP contribution is 2.32. The Hall–Kier alpha value is -2.16. The summed E-state index contributed by atoms with van der Waals surface area (Å²) in [5, 5.41) is 3.38. The van der Waals surface area contributed by atoms with Gasteiger partial charge in [0, 0.05) is 12.6 Å². The minimum Gasteiger partial charge on any atom is -0.493 e. The van der Waals surface area contributed by atoms with Crippen LogP contribution in [0, 0.1) is 0 Å². The van der Waals surface area contributed by atoms with Crippen LogP contribution in [0.3, 0.4) is 0 Å². The predicted molar refractivity (Wildman–Crippen MR) is 119 cm³/mol. The van der Waals surface area contributed by atoms with Crippen molar-refractivity contribution in [1.29, 1.82) is 0 Å². The molecule has 0 unspecified atom stereocenters. The van der Waals surface area contributed by atoms with Crippen molar-refractivity contribution in [3.05, 3.63) is 52.0 Å². The normalized spacial score (nSPS) is 11.3. The summed E-state index contributed by atoms with van der Waals surface area (Å²) in [5.41, 5.74) is 0.982. The number of benzene rings is 2. The monoisotopic (exact) mass is 474 g/mol. The smallest absolute Gasteiger partial charge is 0.322 e. The van der Waals surface area contributed by atoms with Gasteiger partial charge in [-0.25, -0.2) is 4.79 Å². The fourth-order valence-electron chi connectivity index (χ4n) is 2.56. The highest BCUT2D eigenvalue weighted by Gasteiger charge is 2.21. The van der Waals surface area contributed by atoms with E-state index in [1.165, 1.54) is 20.1 Å². The number of anilines is 1. The van der Waals surface area contributed by atoms with E-state index < -0.39 is 16.1 Å². The molecule has 2 aromatic rings. The number of urea groups is 1. The van der Waals surface area contributed by atoms with Gasteiger partial charge in [0.25, 0.3) is 0 Å². The van der Waals surface area contributed by atoms with Crippen molar-refractivity contribution in [3.63, 3.8) is 0 Å². The molecule has 0 aromatic heterocycles. The van der Waals surface area contributed by atoms with E-state index in [-0.39, 0.29) is 29.8 Å². The third-order valence-corrected chi connectivity index (χ3v) is 6.00. The van der Waals surface area contributed by atoms with Crippen LogP contribution >= 0.6 is 23.2 Å². The molecular weight excluding hydrogens is 451 g/mol. The van der Waals surface area contributed by atoms with Crippen molar-refractivity contribution in [3.8, 4) is 11.5 Å². The number of carbonyl (C=O) groups excluding carboxylic acids is 1. The van der Waals surface area contributed by atoms with Crippen molar-refractivity contribution >= 4 is 45.0 Å². The molecule has 2 rings (SSSR count). The Balaban J connectivity index is 2.29. The van der Waals surface area contributed by atoms with Crippen molar-refractivity contribution < 1.29 is 22.1 Å². The second-order valence-corrected chi connectivity index (χ2v) is 9.34. The van der Waals surface area contributed by atoms with E-state index in [2.05, 4.69) is 5.32 Å². The second-order valence-electron chi connectivity index (χ2n) is 6.66. The van der Waals surface area contributed by atoms with E-state index in [0.29, 0.717) is 21.3 Å². The van der Waals surface area contributed by atoms with E-state index in [0.717, 1.165) is 0 Å². The van der Waals surface area contributed by atoms with Crippen LogP contribution in [0.5, 0.6) is 11.5 Å². The molecule has 0 radical (unpaired) electrons. The number of ether oxygens (including phenoxy) is 1. The fourth-order valence-corrected chi connectivity index (χ4v) is 3.58. The first-order valence-electron chi connectivity index (χ1n) is 9.18. The molecule has 10 heteroatoms. The minimum absolute atomic E-state index is 0.0649. The van der Waals surface area contributed by atoms with Gasteiger partial charge in [0.15, 0.2) is 11.5 Å². The molecule has 7 nitrogen and oxygen atoms in total. The molecule has 0 aliphatic rings. The summed E-state index contributed by atoms with van der Waals surface area (Å²) in [7, 11) is -2.32. The molecule has 0 aliphatic carbocycles. The van der Waals surface area contributed by atoms with Gasteiger partial charge in [0.2, 0.25) is 0 Å². The number of para-hydroxylation sites is 1. The summed E-state index contributed by atoms with van der Waals surface area (Å²) in [4.78, 5) is 14.4. The lowest BCUT2D eigenvalue weighted by Crippen LogP contribution is -2.39. The lowest BCUT2D eigenvalue weighted by molar-refractivity contribution is 0.193. The van der Waals surface area contributed by atoms with Crippen LogP contribution in [0.25, 0.3) is 0 Å². The number of amides is 2. The highest BCUT2D eigenvalue weighted by molar-refractivity contribution is 7.87. The van der Waals surface area contributed by atoms with Crippen molar-refractivity contribution in [2.24, 2.45) is 0 Å².